The summed E-state index contributed by atoms with van der Waals surface area (Å²) in [6.45, 7) is 0. The van der Waals surface area contributed by atoms with Gasteiger partial charge < -0.3 is 30.1 Å². The maximum atomic E-state index is 7.33. The topological polar surface area (TPSA) is 144 Å². The first-order valence-electron chi connectivity index (χ1n) is 0.894. The molecule has 0 aromatic carbocycles. The first-order chi connectivity index (χ1) is 2.00. The zero-order chi connectivity index (χ0) is 4.50. The second-order valence-corrected chi connectivity index (χ2v) is 1.80. The monoisotopic (exact) mass is 140 g/mol. The summed E-state index contributed by atoms with van der Waals surface area (Å²) >= 11 is 0. The van der Waals surface area contributed by atoms with Gasteiger partial charge in [-0.2, -0.15) is 0 Å². The van der Waals surface area contributed by atoms with E-state index in [1.807, 2.05) is 0 Å². The van der Waals surface area contributed by atoms with E-state index in [9.17, 15) is 0 Å². The van der Waals surface area contributed by atoms with Gasteiger partial charge in [0.2, 0.25) is 0 Å². The molecule has 0 radical (unpaired) electrons. The molecule has 0 atom stereocenters. The van der Waals surface area contributed by atoms with Crippen LogP contribution in [-0.4, -0.2) is 58.0 Å². The van der Waals surface area contributed by atoms with Crippen molar-refractivity contribution in [3.8, 4) is 0 Å². The normalized spacial score (nSPS) is 7.50. The third-order valence-corrected chi connectivity index (χ3v) is 0. The molecule has 50 valence electrons. The molecule has 0 fully saturated rings. The van der Waals surface area contributed by atoms with Crippen molar-refractivity contribution in [3.63, 3.8) is 0 Å². The number of hydrogen-bond acceptors (Lipinski definition) is 4. The quantitative estimate of drug-likeness (QED) is 0.250. The molecule has 0 aromatic heterocycles. The second-order valence-electron chi connectivity index (χ2n) is 0.600. The Labute approximate surface area is 58.7 Å². The van der Waals surface area contributed by atoms with Crippen molar-refractivity contribution < 1.29 is 30.1 Å². The zero-order valence-corrected chi connectivity index (χ0v) is 4.29. The third-order valence-electron chi connectivity index (χ3n) is 0. The van der Waals surface area contributed by atoms with Crippen LogP contribution in [-0.2, 0) is 0 Å². The molecule has 0 rings (SSSR count). The Hall–Kier alpha value is 0.574. The molecule has 8 N–H and O–H groups in total. The molecular weight excluding hydrogens is 131 g/mol. The van der Waals surface area contributed by atoms with Crippen LogP contribution in [0.25, 0.3) is 0 Å². The Morgan fingerprint density at radius 2 is 0.750 bits per heavy atom. The average Bonchev–Trinajstić information content (AvgIpc) is 0.722. The van der Waals surface area contributed by atoms with Gasteiger partial charge in [-0.3, -0.25) is 0 Å². The van der Waals surface area contributed by atoms with Gasteiger partial charge in [0.25, 0.3) is 0 Å². The predicted molar refractivity (Wildman–Crippen MR) is 29.0 cm³/mol. The van der Waals surface area contributed by atoms with E-state index in [-0.39, 0.29) is 29.8 Å². The molecule has 0 bridgehead atoms. The van der Waals surface area contributed by atoms with E-state index < -0.39 is 9.05 Å². The molecule has 0 aliphatic carbocycles. The Morgan fingerprint density at radius 3 is 0.750 bits per heavy atom. The van der Waals surface area contributed by atoms with Crippen molar-refractivity contribution in [2.24, 2.45) is 0 Å². The molecular formula is H9LiO6Si. The summed E-state index contributed by atoms with van der Waals surface area (Å²) in [6, 6.07) is 0. The van der Waals surface area contributed by atoms with E-state index in [2.05, 4.69) is 0 Å². The van der Waals surface area contributed by atoms with Crippen LogP contribution in [0, 0.1) is 0 Å². The fourth-order valence-electron chi connectivity index (χ4n) is 0. The van der Waals surface area contributed by atoms with E-state index in [4.69, 9.17) is 19.2 Å². The number of rotatable bonds is 0. The van der Waals surface area contributed by atoms with Crippen LogP contribution < -0.4 is 0 Å². The van der Waals surface area contributed by atoms with Gasteiger partial charge in [-0.15, -0.1) is 0 Å². The summed E-state index contributed by atoms with van der Waals surface area (Å²) in [6.07, 6.45) is 0. The molecule has 0 aromatic rings. The molecule has 0 amide bonds. The van der Waals surface area contributed by atoms with E-state index in [1.165, 1.54) is 0 Å². The molecule has 8 heavy (non-hydrogen) atoms. The van der Waals surface area contributed by atoms with Crippen LogP contribution in [0.2, 0.25) is 0 Å². The minimum atomic E-state index is -4.61. The van der Waals surface area contributed by atoms with E-state index >= 15 is 0 Å². The molecule has 0 aliphatic heterocycles. The molecule has 8 heteroatoms. The molecule has 0 aliphatic rings. The summed E-state index contributed by atoms with van der Waals surface area (Å²) in [5.74, 6) is 0. The molecule has 0 spiro atoms. The average molecular weight is 140 g/mol. The fraction of sp³-hybridized carbons (Fsp3) is 0. The fourth-order valence-corrected chi connectivity index (χ4v) is 0. The van der Waals surface area contributed by atoms with Crippen LogP contribution in [0.1, 0.15) is 0 Å². The van der Waals surface area contributed by atoms with Crippen molar-refractivity contribution in [1.29, 1.82) is 0 Å². The van der Waals surface area contributed by atoms with Crippen LogP contribution in [0.4, 0.5) is 0 Å². The van der Waals surface area contributed by atoms with Gasteiger partial charge in [0, 0.05) is 0 Å². The maximum absolute atomic E-state index is 7.33. The molecule has 0 saturated carbocycles. The van der Waals surface area contributed by atoms with Crippen LogP contribution in [0.3, 0.4) is 0 Å². The Kier molecular flexibility index (Phi) is 22.3. The van der Waals surface area contributed by atoms with Gasteiger partial charge in [-0.1, -0.05) is 0 Å². The second kappa shape index (κ2) is 7.57. The molecule has 0 unspecified atom stereocenters. The summed E-state index contributed by atoms with van der Waals surface area (Å²) in [5.41, 5.74) is 0. The standard InChI is InChI=1S/Li.H4O4Si.2H2O.H/c;1-5(2,3)4;;;/h;1-4H;2*1H2;. The van der Waals surface area contributed by atoms with E-state index in [0.29, 0.717) is 0 Å². The van der Waals surface area contributed by atoms with E-state index in [0.717, 1.165) is 0 Å². The Balaban J connectivity index is -0.0000000267. The third kappa shape index (κ3) is 619. The van der Waals surface area contributed by atoms with Gasteiger partial charge in [-0.05, 0) is 0 Å². The SMILES string of the molecule is O.O.O[Si](O)(O)O.[LiH]. The first-order valence-corrected chi connectivity index (χ1v) is 2.68. The van der Waals surface area contributed by atoms with Gasteiger partial charge in [0.1, 0.15) is 0 Å². The summed E-state index contributed by atoms with van der Waals surface area (Å²) in [7, 11) is -4.61. The summed E-state index contributed by atoms with van der Waals surface area (Å²) in [4.78, 5) is 29.3. The van der Waals surface area contributed by atoms with Crippen molar-refractivity contribution >= 4 is 27.9 Å². The van der Waals surface area contributed by atoms with E-state index in [1.54, 1.807) is 0 Å². The molecule has 0 heterocycles. The number of hydrogen-bond donors (Lipinski definition) is 4. The van der Waals surface area contributed by atoms with Gasteiger partial charge >= 0.3 is 27.9 Å². The van der Waals surface area contributed by atoms with Crippen LogP contribution >= 0.6 is 0 Å². The zero-order valence-electron chi connectivity index (χ0n) is 3.29. The Morgan fingerprint density at radius 1 is 0.750 bits per heavy atom. The van der Waals surface area contributed by atoms with Crippen molar-refractivity contribution in [1.82, 2.24) is 0 Å². The minimum absolute atomic E-state index is 0. The molecule has 0 saturated heterocycles. The summed E-state index contributed by atoms with van der Waals surface area (Å²) < 4.78 is 0. The Bertz CT molecular complexity index is 24.0. The van der Waals surface area contributed by atoms with Crippen molar-refractivity contribution in [2.45, 2.75) is 0 Å². The predicted octanol–water partition coefficient (Wildman–Crippen LogP) is -4.91. The first kappa shape index (κ1) is 23.5. The van der Waals surface area contributed by atoms with Gasteiger partial charge in [-0.25, -0.2) is 0 Å². The van der Waals surface area contributed by atoms with Crippen molar-refractivity contribution in [3.05, 3.63) is 0 Å². The van der Waals surface area contributed by atoms with Crippen LogP contribution in [0.15, 0.2) is 0 Å². The summed E-state index contributed by atoms with van der Waals surface area (Å²) in [5, 5.41) is 0. The molecule has 6 nitrogen and oxygen atoms in total. The van der Waals surface area contributed by atoms with Gasteiger partial charge in [0.15, 0.2) is 0 Å². The van der Waals surface area contributed by atoms with Crippen LogP contribution in [0.5, 0.6) is 0 Å². The van der Waals surface area contributed by atoms with Gasteiger partial charge in [0.05, 0.1) is 0 Å². The van der Waals surface area contributed by atoms with Crippen molar-refractivity contribution in [2.75, 3.05) is 0 Å².